The maximum absolute atomic E-state index is 6.04. The van der Waals surface area contributed by atoms with Crippen LogP contribution in [0.5, 0.6) is 17.2 Å². The molecule has 0 saturated carbocycles. The van der Waals surface area contributed by atoms with E-state index in [1.807, 2.05) is 55.5 Å². The number of halogens is 1. The summed E-state index contributed by atoms with van der Waals surface area (Å²) in [5, 5.41) is 4.16. The van der Waals surface area contributed by atoms with E-state index in [9.17, 15) is 0 Å². The normalized spacial score (nSPS) is 10.6. The van der Waals surface area contributed by atoms with Gasteiger partial charge in [-0.1, -0.05) is 41.9 Å². The fraction of sp³-hybridized carbons (Fsp3) is 0.250. The first-order valence-electron chi connectivity index (χ1n) is 9.64. The molecular formula is C24H26ClNO3. The molecule has 0 spiro atoms. The van der Waals surface area contributed by atoms with Gasteiger partial charge in [-0.05, 0) is 60.0 Å². The second-order valence-electron chi connectivity index (χ2n) is 6.58. The lowest BCUT2D eigenvalue weighted by Gasteiger charge is -2.14. The van der Waals surface area contributed by atoms with E-state index < -0.39 is 0 Å². The molecule has 0 aliphatic heterocycles. The standard InChI is InChI=1S/C24H26ClNO3/c1-3-28-24-14-19(16-26-15-18-7-10-22(27-2)11-8-18)9-12-23(24)29-17-20-5-4-6-21(25)13-20/h4-14,26H,3,15-17H2,1-2H3. The lowest BCUT2D eigenvalue weighted by Crippen LogP contribution is -2.12. The van der Waals surface area contributed by atoms with E-state index >= 15 is 0 Å². The third-order valence-electron chi connectivity index (χ3n) is 4.41. The van der Waals surface area contributed by atoms with Crippen molar-refractivity contribution in [3.8, 4) is 17.2 Å². The van der Waals surface area contributed by atoms with Gasteiger partial charge in [-0.3, -0.25) is 0 Å². The van der Waals surface area contributed by atoms with Gasteiger partial charge in [0.2, 0.25) is 0 Å². The van der Waals surface area contributed by atoms with Gasteiger partial charge in [0.25, 0.3) is 0 Å². The smallest absolute Gasteiger partial charge is 0.161 e. The maximum Gasteiger partial charge on any atom is 0.161 e. The van der Waals surface area contributed by atoms with Gasteiger partial charge in [0.1, 0.15) is 12.4 Å². The van der Waals surface area contributed by atoms with Crippen LogP contribution in [0, 0.1) is 0 Å². The summed E-state index contributed by atoms with van der Waals surface area (Å²) in [6.07, 6.45) is 0. The van der Waals surface area contributed by atoms with E-state index in [1.54, 1.807) is 7.11 Å². The van der Waals surface area contributed by atoms with Crippen molar-refractivity contribution >= 4 is 11.6 Å². The van der Waals surface area contributed by atoms with Crippen molar-refractivity contribution in [2.24, 2.45) is 0 Å². The van der Waals surface area contributed by atoms with E-state index in [0.717, 1.165) is 41.5 Å². The number of methoxy groups -OCH3 is 1. The summed E-state index contributed by atoms with van der Waals surface area (Å²) in [6, 6.07) is 21.8. The van der Waals surface area contributed by atoms with Crippen molar-refractivity contribution in [3.63, 3.8) is 0 Å². The molecule has 29 heavy (non-hydrogen) atoms. The summed E-state index contributed by atoms with van der Waals surface area (Å²) in [5.74, 6) is 2.34. The number of hydrogen-bond acceptors (Lipinski definition) is 4. The zero-order valence-electron chi connectivity index (χ0n) is 16.8. The molecule has 0 saturated heterocycles. The first-order valence-corrected chi connectivity index (χ1v) is 10.0. The molecule has 4 nitrogen and oxygen atoms in total. The Morgan fingerprint density at radius 1 is 0.793 bits per heavy atom. The van der Waals surface area contributed by atoms with Crippen LogP contribution in [0.2, 0.25) is 5.02 Å². The Kier molecular flexibility index (Phi) is 7.79. The van der Waals surface area contributed by atoms with E-state index in [0.29, 0.717) is 18.2 Å². The highest BCUT2D eigenvalue weighted by Crippen LogP contribution is 2.29. The summed E-state index contributed by atoms with van der Waals surface area (Å²) >= 11 is 6.04. The van der Waals surface area contributed by atoms with Gasteiger partial charge in [0.05, 0.1) is 13.7 Å². The molecule has 3 aromatic carbocycles. The fourth-order valence-electron chi connectivity index (χ4n) is 2.93. The van der Waals surface area contributed by atoms with Crippen LogP contribution < -0.4 is 19.5 Å². The van der Waals surface area contributed by atoms with Crippen LogP contribution in [0.15, 0.2) is 66.7 Å². The van der Waals surface area contributed by atoms with Crippen LogP contribution in [-0.4, -0.2) is 13.7 Å². The number of benzene rings is 3. The number of ether oxygens (including phenoxy) is 3. The average Bonchev–Trinajstić information content (AvgIpc) is 2.74. The van der Waals surface area contributed by atoms with Gasteiger partial charge in [-0.15, -0.1) is 0 Å². The van der Waals surface area contributed by atoms with Crippen LogP contribution in [0.3, 0.4) is 0 Å². The van der Waals surface area contributed by atoms with Crippen molar-refractivity contribution in [2.75, 3.05) is 13.7 Å². The molecule has 1 N–H and O–H groups in total. The molecule has 0 bridgehead atoms. The summed E-state index contributed by atoms with van der Waals surface area (Å²) in [4.78, 5) is 0. The predicted molar refractivity (Wildman–Crippen MR) is 117 cm³/mol. The largest absolute Gasteiger partial charge is 0.497 e. The molecule has 0 aliphatic carbocycles. The molecule has 3 rings (SSSR count). The third-order valence-corrected chi connectivity index (χ3v) is 4.64. The van der Waals surface area contributed by atoms with Gasteiger partial charge in [0.15, 0.2) is 11.5 Å². The highest BCUT2D eigenvalue weighted by Gasteiger charge is 2.08. The first-order chi connectivity index (χ1) is 14.2. The van der Waals surface area contributed by atoms with Crippen molar-refractivity contribution < 1.29 is 14.2 Å². The topological polar surface area (TPSA) is 39.7 Å². The van der Waals surface area contributed by atoms with Gasteiger partial charge in [0, 0.05) is 18.1 Å². The molecule has 0 amide bonds. The van der Waals surface area contributed by atoms with Gasteiger partial charge >= 0.3 is 0 Å². The molecule has 152 valence electrons. The molecule has 0 unspecified atom stereocenters. The lowest BCUT2D eigenvalue weighted by molar-refractivity contribution is 0.269. The summed E-state index contributed by atoms with van der Waals surface area (Å²) in [7, 11) is 1.67. The zero-order valence-corrected chi connectivity index (χ0v) is 17.5. The minimum atomic E-state index is 0.440. The molecule has 0 heterocycles. The lowest BCUT2D eigenvalue weighted by atomic mass is 10.1. The highest BCUT2D eigenvalue weighted by molar-refractivity contribution is 6.30. The second-order valence-corrected chi connectivity index (χ2v) is 7.02. The van der Waals surface area contributed by atoms with Crippen molar-refractivity contribution in [1.82, 2.24) is 5.32 Å². The quantitative estimate of drug-likeness (QED) is 0.470. The van der Waals surface area contributed by atoms with Gasteiger partial charge in [-0.25, -0.2) is 0 Å². The van der Waals surface area contributed by atoms with Gasteiger partial charge in [-0.2, -0.15) is 0 Å². The Hall–Kier alpha value is -2.69. The Morgan fingerprint density at radius 3 is 2.28 bits per heavy atom. The van der Waals surface area contributed by atoms with E-state index in [-0.39, 0.29) is 0 Å². The minimum absolute atomic E-state index is 0.440. The first kappa shape index (κ1) is 21.0. The summed E-state index contributed by atoms with van der Waals surface area (Å²) < 4.78 is 16.9. The molecule has 0 fully saturated rings. The molecular weight excluding hydrogens is 386 g/mol. The van der Waals surface area contributed by atoms with E-state index in [1.165, 1.54) is 5.56 Å². The van der Waals surface area contributed by atoms with Crippen molar-refractivity contribution in [1.29, 1.82) is 0 Å². The highest BCUT2D eigenvalue weighted by atomic mass is 35.5. The van der Waals surface area contributed by atoms with Crippen LogP contribution in [0.25, 0.3) is 0 Å². The van der Waals surface area contributed by atoms with Gasteiger partial charge < -0.3 is 19.5 Å². The molecule has 0 aliphatic rings. The van der Waals surface area contributed by atoms with Crippen molar-refractivity contribution in [2.45, 2.75) is 26.6 Å². The minimum Gasteiger partial charge on any atom is -0.497 e. The van der Waals surface area contributed by atoms with Crippen LogP contribution in [0.4, 0.5) is 0 Å². The Bertz CT molecular complexity index is 912. The van der Waals surface area contributed by atoms with E-state index in [4.69, 9.17) is 25.8 Å². The summed E-state index contributed by atoms with van der Waals surface area (Å²) in [5.41, 5.74) is 3.36. The Labute approximate surface area is 177 Å². The Balaban J connectivity index is 1.58. The molecule has 5 heteroatoms. The van der Waals surface area contributed by atoms with Crippen LogP contribution in [-0.2, 0) is 19.7 Å². The number of nitrogens with one attached hydrogen (secondary N) is 1. The molecule has 0 radical (unpaired) electrons. The number of hydrogen-bond donors (Lipinski definition) is 1. The zero-order chi connectivity index (χ0) is 20.5. The average molecular weight is 412 g/mol. The van der Waals surface area contributed by atoms with Crippen LogP contribution >= 0.6 is 11.6 Å². The predicted octanol–water partition coefficient (Wildman–Crippen LogP) is 5.62. The Morgan fingerprint density at radius 2 is 1.55 bits per heavy atom. The molecule has 0 atom stereocenters. The molecule has 0 aromatic heterocycles. The summed E-state index contributed by atoms with van der Waals surface area (Å²) in [6.45, 7) is 4.50. The third kappa shape index (κ3) is 6.41. The van der Waals surface area contributed by atoms with Crippen molar-refractivity contribution in [3.05, 3.63) is 88.4 Å². The van der Waals surface area contributed by atoms with Crippen LogP contribution in [0.1, 0.15) is 23.6 Å². The molecule has 3 aromatic rings. The maximum atomic E-state index is 6.04. The SMILES string of the molecule is CCOc1cc(CNCc2ccc(OC)cc2)ccc1OCc1cccc(Cl)c1. The van der Waals surface area contributed by atoms with E-state index in [2.05, 4.69) is 23.5 Å². The second kappa shape index (κ2) is 10.7. The monoisotopic (exact) mass is 411 g/mol. The fourth-order valence-corrected chi connectivity index (χ4v) is 3.15. The number of rotatable bonds is 10.